The molecule has 90 valence electrons. The van der Waals surface area contributed by atoms with Gasteiger partial charge < -0.3 is 5.11 Å². The van der Waals surface area contributed by atoms with Crippen LogP contribution in [0.1, 0.15) is 26.7 Å². The fraction of sp³-hybridized carbons (Fsp3) is 0.286. The molecule has 3 heteroatoms. The smallest absolute Gasteiger partial charge is 0.115 e. The molecule has 0 heterocycles. The molecular weight excluding hydrogens is 212 g/mol. The van der Waals surface area contributed by atoms with E-state index in [0.29, 0.717) is 0 Å². The quantitative estimate of drug-likeness (QED) is 0.443. The van der Waals surface area contributed by atoms with Crippen LogP contribution in [0.5, 0.6) is 5.75 Å². The first-order valence-electron chi connectivity index (χ1n) is 5.71. The van der Waals surface area contributed by atoms with Gasteiger partial charge in [-0.15, -0.1) is 0 Å². The van der Waals surface area contributed by atoms with Crippen molar-refractivity contribution in [3.63, 3.8) is 0 Å². The first kappa shape index (κ1) is 13.2. The highest BCUT2D eigenvalue weighted by molar-refractivity contribution is 5.40. The zero-order valence-corrected chi connectivity index (χ0v) is 10.3. The second-order valence-electron chi connectivity index (χ2n) is 3.71. The summed E-state index contributed by atoms with van der Waals surface area (Å²) in [6, 6.07) is 6.65. The Morgan fingerprint density at radius 3 is 2.59 bits per heavy atom. The van der Waals surface area contributed by atoms with Crippen LogP contribution in [0.4, 0.5) is 5.69 Å². The third-order valence-corrected chi connectivity index (χ3v) is 2.18. The second-order valence-corrected chi connectivity index (χ2v) is 3.71. The Kier molecular flexibility index (Phi) is 5.72. The van der Waals surface area contributed by atoms with E-state index in [4.69, 9.17) is 5.11 Å². The lowest BCUT2D eigenvalue weighted by Gasteiger charge is -1.94. The molecule has 1 aromatic rings. The maximum atomic E-state index is 9.11. The maximum absolute atomic E-state index is 9.11. The van der Waals surface area contributed by atoms with E-state index < -0.39 is 0 Å². The number of nitrogens with zero attached hydrogens (tertiary/aromatic N) is 2. The lowest BCUT2D eigenvalue weighted by atomic mass is 10.2. The van der Waals surface area contributed by atoms with Gasteiger partial charge in [0.05, 0.1) is 11.4 Å². The Morgan fingerprint density at radius 2 is 1.94 bits per heavy atom. The fourth-order valence-corrected chi connectivity index (χ4v) is 1.25. The van der Waals surface area contributed by atoms with Crippen LogP contribution in [-0.4, -0.2) is 5.11 Å². The molecule has 0 amide bonds. The van der Waals surface area contributed by atoms with E-state index in [2.05, 4.69) is 22.4 Å². The van der Waals surface area contributed by atoms with Gasteiger partial charge in [0.15, 0.2) is 0 Å². The molecule has 0 aliphatic rings. The SMILES string of the molecule is C/C=C\CC/C=C(\C)N=Nc1ccc(O)cc1. The molecule has 0 aliphatic heterocycles. The molecule has 17 heavy (non-hydrogen) atoms. The average Bonchev–Trinajstić information content (AvgIpc) is 2.34. The zero-order valence-electron chi connectivity index (χ0n) is 10.3. The van der Waals surface area contributed by atoms with E-state index in [-0.39, 0.29) is 5.75 Å². The van der Waals surface area contributed by atoms with Gasteiger partial charge in [0.1, 0.15) is 5.75 Å². The summed E-state index contributed by atoms with van der Waals surface area (Å²) in [5, 5.41) is 17.3. The Labute approximate surface area is 102 Å². The highest BCUT2D eigenvalue weighted by Gasteiger charge is 1.90. The Morgan fingerprint density at radius 1 is 1.24 bits per heavy atom. The Hall–Kier alpha value is -1.90. The van der Waals surface area contributed by atoms with Crippen molar-refractivity contribution in [3.8, 4) is 5.75 Å². The van der Waals surface area contributed by atoms with Crippen molar-refractivity contribution in [2.45, 2.75) is 26.7 Å². The first-order valence-corrected chi connectivity index (χ1v) is 5.71. The minimum absolute atomic E-state index is 0.238. The average molecular weight is 230 g/mol. The fourth-order valence-electron chi connectivity index (χ4n) is 1.25. The molecule has 1 rings (SSSR count). The molecule has 0 radical (unpaired) electrons. The number of rotatable bonds is 5. The molecule has 0 fully saturated rings. The van der Waals surface area contributed by atoms with Gasteiger partial charge in [0.25, 0.3) is 0 Å². The zero-order chi connectivity index (χ0) is 12.5. The molecule has 0 aliphatic carbocycles. The minimum atomic E-state index is 0.238. The monoisotopic (exact) mass is 230 g/mol. The third-order valence-electron chi connectivity index (χ3n) is 2.18. The van der Waals surface area contributed by atoms with Crippen molar-refractivity contribution in [3.05, 3.63) is 48.2 Å². The van der Waals surface area contributed by atoms with Gasteiger partial charge in [-0.25, -0.2) is 0 Å². The lowest BCUT2D eigenvalue weighted by Crippen LogP contribution is -1.70. The van der Waals surface area contributed by atoms with Crippen LogP contribution < -0.4 is 0 Å². The van der Waals surface area contributed by atoms with Crippen LogP contribution in [0.15, 0.2) is 58.4 Å². The van der Waals surface area contributed by atoms with E-state index in [1.807, 2.05) is 19.9 Å². The second kappa shape index (κ2) is 7.39. The summed E-state index contributed by atoms with van der Waals surface area (Å²) in [5.41, 5.74) is 1.64. The molecule has 0 spiro atoms. The van der Waals surface area contributed by atoms with Crippen molar-refractivity contribution in [2.24, 2.45) is 10.2 Å². The minimum Gasteiger partial charge on any atom is -0.508 e. The number of benzene rings is 1. The summed E-state index contributed by atoms with van der Waals surface area (Å²) < 4.78 is 0. The molecular formula is C14H18N2O. The predicted octanol–water partition coefficient (Wildman–Crippen LogP) is 4.74. The molecule has 0 saturated carbocycles. The third kappa shape index (κ3) is 5.66. The maximum Gasteiger partial charge on any atom is 0.115 e. The highest BCUT2D eigenvalue weighted by atomic mass is 16.3. The van der Waals surface area contributed by atoms with Gasteiger partial charge >= 0.3 is 0 Å². The lowest BCUT2D eigenvalue weighted by molar-refractivity contribution is 0.475. The Bertz CT molecular complexity index is 416. The van der Waals surface area contributed by atoms with Gasteiger partial charge in [-0.3, -0.25) is 0 Å². The van der Waals surface area contributed by atoms with Crippen molar-refractivity contribution in [1.82, 2.24) is 0 Å². The Balaban J connectivity index is 2.49. The predicted molar refractivity (Wildman–Crippen MR) is 70.4 cm³/mol. The number of hydrogen-bond acceptors (Lipinski definition) is 3. The normalized spacial score (nSPS) is 12.7. The van der Waals surface area contributed by atoms with Crippen LogP contribution in [0.2, 0.25) is 0 Å². The van der Waals surface area contributed by atoms with Crippen LogP contribution in [-0.2, 0) is 0 Å². The van der Waals surface area contributed by atoms with E-state index in [1.165, 1.54) is 0 Å². The van der Waals surface area contributed by atoms with Crippen LogP contribution in [0, 0.1) is 0 Å². The number of unbranched alkanes of at least 4 members (excludes halogenated alkanes) is 1. The van der Waals surface area contributed by atoms with E-state index in [0.717, 1.165) is 24.2 Å². The number of aromatic hydroxyl groups is 1. The number of hydrogen-bond donors (Lipinski definition) is 1. The summed E-state index contributed by atoms with van der Waals surface area (Å²) in [6.45, 7) is 3.95. The summed E-state index contributed by atoms with van der Waals surface area (Å²) in [5.74, 6) is 0.238. The van der Waals surface area contributed by atoms with Crippen molar-refractivity contribution in [1.29, 1.82) is 0 Å². The van der Waals surface area contributed by atoms with Gasteiger partial charge in [-0.1, -0.05) is 18.2 Å². The van der Waals surface area contributed by atoms with Crippen molar-refractivity contribution in [2.75, 3.05) is 0 Å². The number of phenols is 1. The highest BCUT2D eigenvalue weighted by Crippen LogP contribution is 2.17. The van der Waals surface area contributed by atoms with E-state index in [9.17, 15) is 0 Å². The van der Waals surface area contributed by atoms with Crippen LogP contribution in [0.25, 0.3) is 0 Å². The summed E-state index contributed by atoms with van der Waals surface area (Å²) in [4.78, 5) is 0. The molecule has 1 aromatic carbocycles. The van der Waals surface area contributed by atoms with Gasteiger partial charge in [-0.05, 0) is 51.0 Å². The molecule has 3 nitrogen and oxygen atoms in total. The number of allylic oxidation sites excluding steroid dienone is 4. The van der Waals surface area contributed by atoms with E-state index >= 15 is 0 Å². The largest absolute Gasteiger partial charge is 0.508 e. The van der Waals surface area contributed by atoms with Crippen LogP contribution >= 0.6 is 0 Å². The molecule has 0 atom stereocenters. The van der Waals surface area contributed by atoms with Gasteiger partial charge in [0.2, 0.25) is 0 Å². The van der Waals surface area contributed by atoms with Gasteiger partial charge in [-0.2, -0.15) is 10.2 Å². The topological polar surface area (TPSA) is 45.0 Å². The standard InChI is InChI=1S/C14H18N2O/c1-3-4-5-6-7-12(2)15-16-13-8-10-14(17)11-9-13/h3-4,7-11,17H,5-6H2,1-2H3/b4-3-,12-7+,16-15?. The molecule has 0 unspecified atom stereocenters. The summed E-state index contributed by atoms with van der Waals surface area (Å²) in [7, 11) is 0. The van der Waals surface area contributed by atoms with Crippen LogP contribution in [0.3, 0.4) is 0 Å². The van der Waals surface area contributed by atoms with Crippen molar-refractivity contribution >= 4 is 5.69 Å². The molecule has 1 N–H and O–H groups in total. The molecule has 0 bridgehead atoms. The van der Waals surface area contributed by atoms with Crippen molar-refractivity contribution < 1.29 is 5.11 Å². The summed E-state index contributed by atoms with van der Waals surface area (Å²) in [6.07, 6.45) is 8.24. The number of azo groups is 1. The summed E-state index contributed by atoms with van der Waals surface area (Å²) >= 11 is 0. The van der Waals surface area contributed by atoms with Gasteiger partial charge in [0, 0.05) is 0 Å². The molecule has 0 aromatic heterocycles. The molecule has 0 saturated heterocycles. The number of phenolic OH excluding ortho intramolecular Hbond substituents is 1. The first-order chi connectivity index (χ1) is 8.22. The van der Waals surface area contributed by atoms with E-state index in [1.54, 1.807) is 24.3 Å².